The van der Waals surface area contributed by atoms with Crippen molar-refractivity contribution in [3.8, 4) is 0 Å². The molecule has 0 unspecified atom stereocenters. The number of rotatable bonds is 5. The molecule has 0 saturated carbocycles. The molecule has 1 aromatic carbocycles. The molecule has 21 heavy (non-hydrogen) atoms. The molecular formula is C15H19ClN4O. The van der Waals surface area contributed by atoms with Crippen LogP contribution in [0.1, 0.15) is 5.56 Å². The van der Waals surface area contributed by atoms with E-state index < -0.39 is 0 Å². The number of hydrogen-bond donors (Lipinski definition) is 1. The lowest BCUT2D eigenvalue weighted by Crippen LogP contribution is -2.22. The van der Waals surface area contributed by atoms with E-state index in [9.17, 15) is 4.79 Å². The predicted molar refractivity (Wildman–Crippen MR) is 86.5 cm³/mol. The third-order valence-corrected chi connectivity index (χ3v) is 3.45. The molecule has 0 saturated heterocycles. The molecule has 0 aliphatic carbocycles. The molecule has 0 amide bonds. The van der Waals surface area contributed by atoms with Crippen molar-refractivity contribution >= 4 is 23.0 Å². The first-order chi connectivity index (χ1) is 9.97. The molecule has 2 rings (SSSR count). The maximum absolute atomic E-state index is 12.0. The molecular weight excluding hydrogens is 288 g/mol. The van der Waals surface area contributed by atoms with Crippen molar-refractivity contribution in [2.45, 2.75) is 6.42 Å². The van der Waals surface area contributed by atoms with Gasteiger partial charge in [0.15, 0.2) is 0 Å². The quantitative estimate of drug-likeness (QED) is 0.921. The SMILES string of the molecule is CN(C)CCc1ccc(Nc2c(Cl)cnn(C)c2=O)cc1. The van der Waals surface area contributed by atoms with E-state index in [-0.39, 0.29) is 5.56 Å². The minimum Gasteiger partial charge on any atom is -0.350 e. The number of halogens is 1. The zero-order chi connectivity index (χ0) is 15.4. The van der Waals surface area contributed by atoms with E-state index in [2.05, 4.69) is 29.4 Å². The normalized spacial score (nSPS) is 10.9. The minimum absolute atomic E-state index is 0.251. The molecule has 1 heterocycles. The molecule has 1 N–H and O–H groups in total. The summed E-state index contributed by atoms with van der Waals surface area (Å²) in [5, 5.41) is 7.24. The third-order valence-electron chi connectivity index (χ3n) is 3.16. The van der Waals surface area contributed by atoms with Crippen LogP contribution in [0.15, 0.2) is 35.3 Å². The van der Waals surface area contributed by atoms with Crippen LogP contribution in [0.25, 0.3) is 0 Å². The zero-order valence-electron chi connectivity index (χ0n) is 12.4. The van der Waals surface area contributed by atoms with Crippen LogP contribution in [-0.4, -0.2) is 35.3 Å². The number of aryl methyl sites for hydroxylation is 1. The Labute approximate surface area is 129 Å². The fourth-order valence-electron chi connectivity index (χ4n) is 1.88. The van der Waals surface area contributed by atoms with Gasteiger partial charge in [0.25, 0.3) is 5.56 Å². The monoisotopic (exact) mass is 306 g/mol. The summed E-state index contributed by atoms with van der Waals surface area (Å²) in [5.74, 6) is 0. The maximum atomic E-state index is 12.0. The van der Waals surface area contributed by atoms with Crippen molar-refractivity contribution in [3.63, 3.8) is 0 Å². The number of anilines is 2. The van der Waals surface area contributed by atoms with Gasteiger partial charge in [-0.15, -0.1) is 0 Å². The summed E-state index contributed by atoms with van der Waals surface area (Å²) in [5.41, 5.74) is 2.17. The number of aromatic nitrogens is 2. The Morgan fingerprint density at radius 2 is 1.95 bits per heavy atom. The number of hydrogen-bond acceptors (Lipinski definition) is 4. The van der Waals surface area contributed by atoms with Crippen molar-refractivity contribution in [1.82, 2.24) is 14.7 Å². The average molecular weight is 307 g/mol. The second-order valence-corrected chi connectivity index (χ2v) is 5.58. The molecule has 0 aliphatic rings. The predicted octanol–water partition coefficient (Wildman–Crippen LogP) is 2.28. The van der Waals surface area contributed by atoms with Crippen LogP contribution in [-0.2, 0) is 13.5 Å². The Hall–Kier alpha value is -1.85. The zero-order valence-corrected chi connectivity index (χ0v) is 13.2. The molecule has 0 atom stereocenters. The van der Waals surface area contributed by atoms with Crippen molar-refractivity contribution < 1.29 is 0 Å². The molecule has 6 heteroatoms. The van der Waals surface area contributed by atoms with Gasteiger partial charge in [-0.1, -0.05) is 23.7 Å². The van der Waals surface area contributed by atoms with Gasteiger partial charge < -0.3 is 10.2 Å². The highest BCUT2D eigenvalue weighted by Gasteiger charge is 2.08. The van der Waals surface area contributed by atoms with Crippen LogP contribution in [0, 0.1) is 0 Å². The average Bonchev–Trinajstić information content (AvgIpc) is 2.47. The third kappa shape index (κ3) is 4.06. The van der Waals surface area contributed by atoms with Gasteiger partial charge in [0, 0.05) is 19.3 Å². The Balaban J connectivity index is 2.14. The fraction of sp³-hybridized carbons (Fsp3) is 0.333. The first-order valence-corrected chi connectivity index (χ1v) is 7.07. The van der Waals surface area contributed by atoms with E-state index in [4.69, 9.17) is 11.6 Å². The van der Waals surface area contributed by atoms with Gasteiger partial charge in [0.1, 0.15) is 5.69 Å². The molecule has 0 bridgehead atoms. The highest BCUT2D eigenvalue weighted by Crippen LogP contribution is 2.20. The first kappa shape index (κ1) is 15.5. The van der Waals surface area contributed by atoms with Gasteiger partial charge in [-0.3, -0.25) is 4.79 Å². The molecule has 5 nitrogen and oxygen atoms in total. The summed E-state index contributed by atoms with van der Waals surface area (Å²) < 4.78 is 1.25. The van der Waals surface area contributed by atoms with E-state index in [1.165, 1.54) is 16.4 Å². The van der Waals surface area contributed by atoms with Crippen molar-refractivity contribution in [3.05, 3.63) is 51.4 Å². The highest BCUT2D eigenvalue weighted by molar-refractivity contribution is 6.33. The topological polar surface area (TPSA) is 50.2 Å². The summed E-state index contributed by atoms with van der Waals surface area (Å²) >= 11 is 6.02. The van der Waals surface area contributed by atoms with Gasteiger partial charge >= 0.3 is 0 Å². The van der Waals surface area contributed by atoms with Gasteiger partial charge in [0.05, 0.1) is 11.2 Å². The lowest BCUT2D eigenvalue weighted by atomic mass is 10.1. The van der Waals surface area contributed by atoms with E-state index in [0.29, 0.717) is 10.7 Å². The second kappa shape index (κ2) is 6.74. The van der Waals surface area contributed by atoms with Crippen molar-refractivity contribution in [2.75, 3.05) is 26.0 Å². The van der Waals surface area contributed by atoms with Crippen molar-refractivity contribution in [2.24, 2.45) is 7.05 Å². The highest BCUT2D eigenvalue weighted by atomic mass is 35.5. The standard InChI is InChI=1S/C15H19ClN4O/c1-19(2)9-8-11-4-6-12(7-5-11)18-14-13(16)10-17-20(3)15(14)21/h4-7,10,18H,8-9H2,1-3H3. The Morgan fingerprint density at radius 1 is 1.29 bits per heavy atom. The smallest absolute Gasteiger partial charge is 0.291 e. The Bertz CT molecular complexity index is 664. The summed E-state index contributed by atoms with van der Waals surface area (Å²) in [6.07, 6.45) is 2.45. The maximum Gasteiger partial charge on any atom is 0.291 e. The summed E-state index contributed by atoms with van der Waals surface area (Å²) in [7, 11) is 5.70. The van der Waals surface area contributed by atoms with Gasteiger partial charge in [-0.25, -0.2) is 4.68 Å². The van der Waals surface area contributed by atoms with Crippen LogP contribution < -0.4 is 10.9 Å². The Kier molecular flexibility index (Phi) is 4.98. The molecule has 0 aliphatic heterocycles. The number of likely N-dealkylation sites (N-methyl/N-ethyl adjacent to an activating group) is 1. The summed E-state index contributed by atoms with van der Waals surface area (Å²) in [6, 6.07) is 7.99. The Morgan fingerprint density at radius 3 is 2.57 bits per heavy atom. The largest absolute Gasteiger partial charge is 0.350 e. The molecule has 2 aromatic rings. The van der Waals surface area contributed by atoms with Gasteiger partial charge in [0.2, 0.25) is 0 Å². The van der Waals surface area contributed by atoms with Crippen LogP contribution >= 0.6 is 11.6 Å². The lowest BCUT2D eigenvalue weighted by Gasteiger charge is -2.11. The van der Waals surface area contributed by atoms with Crippen LogP contribution in [0.5, 0.6) is 0 Å². The van der Waals surface area contributed by atoms with Crippen LogP contribution in [0.3, 0.4) is 0 Å². The molecule has 0 spiro atoms. The summed E-state index contributed by atoms with van der Waals surface area (Å²) in [6.45, 7) is 1.00. The van der Waals surface area contributed by atoms with E-state index in [0.717, 1.165) is 18.7 Å². The molecule has 1 aromatic heterocycles. The van der Waals surface area contributed by atoms with Gasteiger partial charge in [-0.05, 0) is 38.2 Å². The minimum atomic E-state index is -0.251. The number of benzene rings is 1. The van der Waals surface area contributed by atoms with Crippen LogP contribution in [0.4, 0.5) is 11.4 Å². The molecule has 0 fully saturated rings. The fourth-order valence-corrected chi connectivity index (χ4v) is 2.05. The van der Waals surface area contributed by atoms with E-state index >= 15 is 0 Å². The van der Waals surface area contributed by atoms with Gasteiger partial charge in [-0.2, -0.15) is 5.10 Å². The first-order valence-electron chi connectivity index (χ1n) is 6.70. The van der Waals surface area contributed by atoms with Crippen molar-refractivity contribution in [1.29, 1.82) is 0 Å². The molecule has 0 radical (unpaired) electrons. The second-order valence-electron chi connectivity index (χ2n) is 5.17. The molecule has 112 valence electrons. The van der Waals surface area contributed by atoms with E-state index in [1.807, 2.05) is 24.3 Å². The lowest BCUT2D eigenvalue weighted by molar-refractivity contribution is 0.413. The van der Waals surface area contributed by atoms with Crippen LogP contribution in [0.2, 0.25) is 5.02 Å². The number of nitrogens with one attached hydrogen (secondary N) is 1. The van der Waals surface area contributed by atoms with E-state index in [1.54, 1.807) is 7.05 Å². The summed E-state index contributed by atoms with van der Waals surface area (Å²) in [4.78, 5) is 14.1. The number of nitrogens with zero attached hydrogens (tertiary/aromatic N) is 3.